The van der Waals surface area contributed by atoms with Crippen LogP contribution in [0.1, 0.15) is 54.0 Å². The second-order valence-electron chi connectivity index (χ2n) is 7.28. The fourth-order valence-electron chi connectivity index (χ4n) is 3.26. The van der Waals surface area contributed by atoms with Gasteiger partial charge in [0.25, 0.3) is 11.8 Å². The molecule has 0 aliphatic carbocycles. The van der Waals surface area contributed by atoms with Crippen molar-refractivity contribution in [1.29, 1.82) is 0 Å². The molecule has 2 heterocycles. The molecule has 0 spiro atoms. The second-order valence-corrected chi connectivity index (χ2v) is 8.14. The summed E-state index contributed by atoms with van der Waals surface area (Å²) in [6, 6.07) is 5.04. The lowest BCUT2D eigenvalue weighted by molar-refractivity contribution is 0.0946. The maximum absolute atomic E-state index is 14.0. The number of hydrogen-bond donors (Lipinski definition) is 2. The van der Waals surface area contributed by atoms with Crippen LogP contribution in [0.15, 0.2) is 42.0 Å². The van der Waals surface area contributed by atoms with E-state index >= 15 is 0 Å². The van der Waals surface area contributed by atoms with Crippen LogP contribution in [0, 0.1) is 17.6 Å². The number of rotatable bonds is 9. The van der Waals surface area contributed by atoms with Gasteiger partial charge >= 0.3 is 0 Å². The maximum atomic E-state index is 14.0. The van der Waals surface area contributed by atoms with Crippen LogP contribution in [0.3, 0.4) is 0 Å². The molecule has 1 unspecified atom stereocenters. The van der Waals surface area contributed by atoms with Crippen molar-refractivity contribution in [1.82, 2.24) is 15.3 Å². The number of carbonyl (C=O) groups excluding carboxylic acids is 2. The van der Waals surface area contributed by atoms with E-state index in [1.807, 2.05) is 0 Å². The Balaban J connectivity index is 1.74. The van der Waals surface area contributed by atoms with Crippen LogP contribution in [-0.2, 0) is 0 Å². The molecule has 0 aliphatic heterocycles. The third kappa shape index (κ3) is 5.53. The summed E-state index contributed by atoms with van der Waals surface area (Å²) in [5.74, 6) is -2.05. The van der Waals surface area contributed by atoms with Crippen molar-refractivity contribution < 1.29 is 18.4 Å². The molecule has 2 amide bonds. The maximum Gasteiger partial charge on any atom is 0.275 e. The molecule has 2 N–H and O–H groups in total. The zero-order chi connectivity index (χ0) is 23.1. The second kappa shape index (κ2) is 10.9. The highest BCUT2D eigenvalue weighted by atomic mass is 32.1. The first kappa shape index (κ1) is 23.5. The summed E-state index contributed by atoms with van der Waals surface area (Å²) < 4.78 is 28.0. The minimum atomic E-state index is -0.758. The van der Waals surface area contributed by atoms with Crippen molar-refractivity contribution in [3.63, 3.8) is 0 Å². The van der Waals surface area contributed by atoms with Crippen molar-refractivity contribution in [3.8, 4) is 10.6 Å². The Morgan fingerprint density at radius 2 is 1.88 bits per heavy atom. The minimum Gasteiger partial charge on any atom is -0.352 e. The van der Waals surface area contributed by atoms with Gasteiger partial charge in [0.15, 0.2) is 0 Å². The number of nitrogens with zero attached hydrogens (tertiary/aromatic N) is 2. The molecule has 3 aromatic rings. The molecule has 0 saturated carbocycles. The number of amides is 2. The van der Waals surface area contributed by atoms with E-state index in [0.29, 0.717) is 12.5 Å². The molecular weight excluding hydrogens is 434 g/mol. The molecule has 1 atom stereocenters. The van der Waals surface area contributed by atoms with Crippen LogP contribution in [0.5, 0.6) is 0 Å². The molecule has 0 aliphatic rings. The first-order valence-electron chi connectivity index (χ1n) is 10.4. The first-order chi connectivity index (χ1) is 15.4. The van der Waals surface area contributed by atoms with E-state index in [1.165, 1.54) is 29.9 Å². The van der Waals surface area contributed by atoms with Gasteiger partial charge in [-0.2, -0.15) is 0 Å². The van der Waals surface area contributed by atoms with Gasteiger partial charge in [-0.1, -0.05) is 32.8 Å². The summed E-state index contributed by atoms with van der Waals surface area (Å²) in [4.78, 5) is 33.4. The Labute approximate surface area is 189 Å². The van der Waals surface area contributed by atoms with Crippen LogP contribution >= 0.6 is 11.3 Å². The zero-order valence-electron chi connectivity index (χ0n) is 17.8. The molecule has 0 bridgehead atoms. The Morgan fingerprint density at radius 3 is 2.56 bits per heavy atom. The third-order valence-corrected chi connectivity index (χ3v) is 5.91. The number of halogens is 2. The van der Waals surface area contributed by atoms with E-state index in [9.17, 15) is 18.4 Å². The van der Waals surface area contributed by atoms with Crippen LogP contribution in [0.4, 0.5) is 14.5 Å². The summed E-state index contributed by atoms with van der Waals surface area (Å²) in [6.07, 6.45) is 5.86. The Morgan fingerprint density at radius 1 is 1.12 bits per heavy atom. The summed E-state index contributed by atoms with van der Waals surface area (Å²) >= 11 is 0.952. The average molecular weight is 459 g/mol. The number of hydrogen-bond acceptors (Lipinski definition) is 5. The quantitative estimate of drug-likeness (QED) is 0.456. The monoisotopic (exact) mass is 458 g/mol. The molecule has 0 radical (unpaired) electrons. The van der Waals surface area contributed by atoms with E-state index in [4.69, 9.17) is 0 Å². The Kier molecular flexibility index (Phi) is 7.99. The van der Waals surface area contributed by atoms with Crippen molar-refractivity contribution >= 4 is 28.8 Å². The van der Waals surface area contributed by atoms with Gasteiger partial charge in [-0.05, 0) is 30.5 Å². The number of thiazole rings is 1. The standard InChI is InChI=1S/C23H24F2N4O2S/c1-3-6-14(4-2)11-27-21(30)15-9-10-26-12-18(15)28-22(31)19-13-32-23(29-19)20-16(24)7-5-8-17(20)25/h5,7-10,12-14H,3-4,6,11H2,1-2H3,(H,27,30)(H,28,31). The molecule has 9 heteroatoms. The fraction of sp³-hybridized carbons (Fsp3) is 0.304. The van der Waals surface area contributed by atoms with Gasteiger partial charge < -0.3 is 10.6 Å². The van der Waals surface area contributed by atoms with Crippen LogP contribution in [0.25, 0.3) is 10.6 Å². The number of benzene rings is 1. The van der Waals surface area contributed by atoms with E-state index in [0.717, 1.165) is 42.7 Å². The Bertz CT molecular complexity index is 1080. The average Bonchev–Trinajstić information content (AvgIpc) is 3.26. The highest BCUT2D eigenvalue weighted by Gasteiger charge is 2.20. The first-order valence-corrected chi connectivity index (χ1v) is 11.3. The van der Waals surface area contributed by atoms with Crippen molar-refractivity contribution in [3.05, 3.63) is 64.9 Å². The van der Waals surface area contributed by atoms with Crippen LogP contribution in [0.2, 0.25) is 0 Å². The molecule has 0 saturated heterocycles. The summed E-state index contributed by atoms with van der Waals surface area (Å²) in [7, 11) is 0. The number of anilines is 1. The highest BCUT2D eigenvalue weighted by molar-refractivity contribution is 7.13. The fourth-order valence-corrected chi connectivity index (χ4v) is 4.11. The van der Waals surface area contributed by atoms with Gasteiger partial charge in [-0.25, -0.2) is 13.8 Å². The number of nitrogens with one attached hydrogen (secondary N) is 2. The molecule has 3 rings (SSSR count). The topological polar surface area (TPSA) is 84.0 Å². The van der Waals surface area contributed by atoms with E-state index < -0.39 is 17.5 Å². The summed E-state index contributed by atoms with van der Waals surface area (Å²) in [5, 5.41) is 6.99. The van der Waals surface area contributed by atoms with E-state index in [-0.39, 0.29) is 33.4 Å². The predicted octanol–water partition coefficient (Wildman–Crippen LogP) is 5.29. The minimum absolute atomic E-state index is 0.0168. The SMILES string of the molecule is CCCC(CC)CNC(=O)c1ccncc1NC(=O)c1csc(-c2c(F)cccc2F)n1. The normalized spacial score (nSPS) is 11.8. The molecule has 32 heavy (non-hydrogen) atoms. The van der Waals surface area contributed by atoms with Gasteiger partial charge in [0.1, 0.15) is 22.3 Å². The smallest absolute Gasteiger partial charge is 0.275 e. The van der Waals surface area contributed by atoms with Gasteiger partial charge in [-0.15, -0.1) is 11.3 Å². The van der Waals surface area contributed by atoms with Crippen LogP contribution < -0.4 is 10.6 Å². The largest absolute Gasteiger partial charge is 0.352 e. The number of pyridine rings is 1. The summed E-state index contributed by atoms with van der Waals surface area (Å²) in [6.45, 7) is 4.73. The predicted molar refractivity (Wildman–Crippen MR) is 121 cm³/mol. The van der Waals surface area contributed by atoms with Crippen LogP contribution in [-0.4, -0.2) is 28.3 Å². The highest BCUT2D eigenvalue weighted by Crippen LogP contribution is 2.29. The van der Waals surface area contributed by atoms with Crippen molar-refractivity contribution in [2.75, 3.05) is 11.9 Å². The lowest BCUT2D eigenvalue weighted by atomic mass is 10.0. The van der Waals surface area contributed by atoms with Gasteiger partial charge in [-0.3, -0.25) is 14.6 Å². The molecule has 1 aromatic carbocycles. The Hall–Kier alpha value is -3.20. The lowest BCUT2D eigenvalue weighted by Crippen LogP contribution is -2.30. The number of carbonyl (C=O) groups is 2. The van der Waals surface area contributed by atoms with E-state index in [2.05, 4.69) is 34.4 Å². The van der Waals surface area contributed by atoms with Gasteiger partial charge in [0, 0.05) is 18.1 Å². The summed E-state index contributed by atoms with van der Waals surface area (Å²) in [5.41, 5.74) is 0.202. The van der Waals surface area contributed by atoms with Gasteiger partial charge in [0.2, 0.25) is 0 Å². The molecule has 0 fully saturated rings. The lowest BCUT2D eigenvalue weighted by Gasteiger charge is -2.15. The molecular formula is C23H24F2N4O2S. The third-order valence-electron chi connectivity index (χ3n) is 5.05. The molecule has 6 nitrogen and oxygen atoms in total. The van der Waals surface area contributed by atoms with E-state index in [1.54, 1.807) is 0 Å². The molecule has 168 valence electrons. The van der Waals surface area contributed by atoms with Gasteiger partial charge in [0.05, 0.1) is 23.0 Å². The zero-order valence-corrected chi connectivity index (χ0v) is 18.6. The van der Waals surface area contributed by atoms with Crippen molar-refractivity contribution in [2.45, 2.75) is 33.1 Å². The molecule has 2 aromatic heterocycles. The number of aromatic nitrogens is 2. The van der Waals surface area contributed by atoms with Crippen molar-refractivity contribution in [2.24, 2.45) is 5.92 Å².